The number of rotatable bonds is 10. The maximum atomic E-state index is 5.66. The number of unbranched alkanes of at least 4 members (excludes halogenated alkanes) is 2. The summed E-state index contributed by atoms with van der Waals surface area (Å²) in [7, 11) is -2.34. The Morgan fingerprint density at radius 2 is 1.27 bits per heavy atom. The molecule has 4 nitrogen and oxygen atoms in total. The second kappa shape index (κ2) is 11.2. The van der Waals surface area contributed by atoms with Crippen molar-refractivity contribution in [2.24, 2.45) is 0 Å². The van der Waals surface area contributed by atoms with E-state index in [4.69, 9.17) is 13.9 Å². The van der Waals surface area contributed by atoms with Crippen LogP contribution < -0.4 is 0 Å². The number of hydrogen-bond acceptors (Lipinski definition) is 4. The topological polar surface area (TPSA) is 36.9 Å². The van der Waals surface area contributed by atoms with E-state index in [0.29, 0.717) is 13.2 Å². The van der Waals surface area contributed by atoms with E-state index >= 15 is 0 Å². The van der Waals surface area contributed by atoms with Crippen molar-refractivity contribution in [1.82, 2.24) is 0 Å². The van der Waals surface area contributed by atoms with E-state index in [0.717, 1.165) is 25.7 Å². The first-order valence-electron chi connectivity index (χ1n) is 5.30. The van der Waals surface area contributed by atoms with Gasteiger partial charge in [0.2, 0.25) is 0 Å². The van der Waals surface area contributed by atoms with E-state index in [1.165, 1.54) is 0 Å². The quantitative estimate of drug-likeness (QED) is 0.217. The zero-order valence-electron chi connectivity index (χ0n) is 9.74. The van der Waals surface area contributed by atoms with E-state index in [2.05, 4.69) is 13.8 Å². The van der Waals surface area contributed by atoms with E-state index in [1.54, 1.807) is 0 Å². The minimum absolute atomic E-state index is 0.199. The molecule has 0 amide bonds. The average Bonchev–Trinajstić information content (AvgIpc) is 2.28. The third-order valence-corrected chi connectivity index (χ3v) is 10.8. The summed E-state index contributed by atoms with van der Waals surface area (Å²) >= 11 is 0.397. The summed E-state index contributed by atoms with van der Waals surface area (Å²) < 4.78 is 22.2. The van der Waals surface area contributed by atoms with E-state index in [-0.39, 0.29) is 53.2 Å². The molecule has 0 radical (unpaired) electrons. The van der Waals surface area contributed by atoms with Gasteiger partial charge in [0, 0.05) is 0 Å². The zero-order valence-corrected chi connectivity index (χ0v) is 21.6. The van der Waals surface area contributed by atoms with Gasteiger partial charge in [-0.25, -0.2) is 0 Å². The van der Waals surface area contributed by atoms with Crippen LogP contribution in [-0.2, 0) is 67.1 Å². The summed E-state index contributed by atoms with van der Waals surface area (Å²) in [5.41, 5.74) is 0. The van der Waals surface area contributed by atoms with Gasteiger partial charge in [-0.2, -0.15) is 0 Å². The molecule has 0 aliphatic carbocycles. The molecule has 0 atom stereocenters. The fourth-order valence-electron chi connectivity index (χ4n) is 0.865. The van der Waals surface area contributed by atoms with Crippen LogP contribution in [0.1, 0.15) is 39.5 Å². The molecule has 0 aromatic rings. The molecule has 0 N–H and O–H groups in total. The van der Waals surface area contributed by atoms with Crippen molar-refractivity contribution in [2.75, 3.05) is 13.2 Å². The van der Waals surface area contributed by atoms with E-state index in [9.17, 15) is 0 Å². The Bertz CT molecular complexity index is 135. The van der Waals surface area contributed by atoms with Crippen molar-refractivity contribution in [3.05, 3.63) is 0 Å². The van der Waals surface area contributed by atoms with Gasteiger partial charge in [0.05, 0.1) is 0 Å². The summed E-state index contributed by atoms with van der Waals surface area (Å²) in [5.74, 6) is 0. The molecule has 15 heavy (non-hydrogen) atoms. The third kappa shape index (κ3) is 7.96. The van der Waals surface area contributed by atoms with Gasteiger partial charge in [-0.15, -0.1) is 0 Å². The van der Waals surface area contributed by atoms with Crippen molar-refractivity contribution >= 4 is 8.17 Å². The molecular formula is C8H18Hg2O4P+. The van der Waals surface area contributed by atoms with E-state index in [1.807, 2.05) is 0 Å². The summed E-state index contributed by atoms with van der Waals surface area (Å²) in [4.78, 5) is 0. The van der Waals surface area contributed by atoms with Crippen molar-refractivity contribution in [3.63, 3.8) is 0 Å². The molecule has 0 aromatic carbocycles. The van der Waals surface area contributed by atoms with Gasteiger partial charge in [0.25, 0.3) is 0 Å². The second-order valence-corrected chi connectivity index (χ2v) is 11.0. The second-order valence-electron chi connectivity index (χ2n) is 3.08. The first-order chi connectivity index (χ1) is 7.24. The SMILES string of the molecule is CCCCO[P+]([O][Hg])([O][Hg])OCCCC. The molecule has 0 unspecified atom stereocenters. The third-order valence-electron chi connectivity index (χ3n) is 1.81. The molecule has 0 aromatic heterocycles. The molecule has 0 heterocycles. The monoisotopic (exact) mass is 613 g/mol. The van der Waals surface area contributed by atoms with Gasteiger partial charge in [-0.05, 0) is 0 Å². The first-order valence-corrected chi connectivity index (χ1v) is 11.2. The van der Waals surface area contributed by atoms with Crippen LogP contribution in [0.25, 0.3) is 0 Å². The Labute approximate surface area is 127 Å². The van der Waals surface area contributed by atoms with Crippen molar-refractivity contribution in [3.8, 4) is 0 Å². The molecule has 0 aliphatic rings. The Hall–Kier alpha value is 2.14. The van der Waals surface area contributed by atoms with Crippen LogP contribution in [0.15, 0.2) is 0 Å². The Morgan fingerprint density at radius 1 is 0.867 bits per heavy atom. The fraction of sp³-hybridized carbons (Fsp3) is 1.00. The van der Waals surface area contributed by atoms with Gasteiger partial charge in [-0.1, -0.05) is 0 Å². The van der Waals surface area contributed by atoms with Crippen LogP contribution in [0, 0.1) is 0 Å². The Morgan fingerprint density at radius 3 is 1.53 bits per heavy atom. The van der Waals surface area contributed by atoms with Gasteiger partial charge in [0.15, 0.2) is 0 Å². The molecule has 0 bridgehead atoms. The summed E-state index contributed by atoms with van der Waals surface area (Å²) in [6.45, 7) is 5.64. The summed E-state index contributed by atoms with van der Waals surface area (Å²) in [6.07, 6.45) is 4.30. The van der Waals surface area contributed by atoms with Gasteiger partial charge < -0.3 is 0 Å². The van der Waals surface area contributed by atoms with Crippen LogP contribution in [0.5, 0.6) is 0 Å². The van der Waals surface area contributed by atoms with Crippen molar-refractivity contribution in [1.29, 1.82) is 0 Å². The normalized spacial score (nSPS) is 12.1. The predicted octanol–water partition coefficient (Wildman–Crippen LogP) is 3.25. The van der Waals surface area contributed by atoms with Gasteiger partial charge >= 0.3 is 128 Å². The molecule has 0 fully saturated rings. The van der Waals surface area contributed by atoms with Gasteiger partial charge in [0.1, 0.15) is 0 Å². The molecule has 7 heteroatoms. The molecule has 0 rings (SSSR count). The van der Waals surface area contributed by atoms with Crippen molar-refractivity contribution < 1.29 is 67.1 Å². The molecular weight excluding hydrogens is 592 g/mol. The zero-order chi connectivity index (χ0) is 11.6. The molecule has 0 aliphatic heterocycles. The van der Waals surface area contributed by atoms with Crippen molar-refractivity contribution in [2.45, 2.75) is 39.5 Å². The summed E-state index contributed by atoms with van der Waals surface area (Å²) in [6, 6.07) is 0. The Kier molecular flexibility index (Phi) is 12.8. The van der Waals surface area contributed by atoms with Crippen LogP contribution >= 0.6 is 8.17 Å². The minimum atomic E-state index is -2.34. The standard InChI is InChI=1S/C8H19O4P.2Hg/c1-3-5-7-11-13(9,10)12-8-6-4-2;;/h3-8H2,1-2H3,(H,9,10);;/q;2*+1/p-1. The molecule has 0 spiro atoms. The van der Waals surface area contributed by atoms with Crippen LogP contribution in [0.3, 0.4) is 0 Å². The van der Waals surface area contributed by atoms with Gasteiger partial charge in [-0.3, -0.25) is 0 Å². The first kappa shape index (κ1) is 17.1. The Balaban J connectivity index is 3.93. The molecule has 0 saturated carbocycles. The average molecular weight is 610 g/mol. The van der Waals surface area contributed by atoms with E-state index < -0.39 is 8.17 Å². The predicted molar refractivity (Wildman–Crippen MR) is 50.8 cm³/mol. The molecule has 0 saturated heterocycles. The van der Waals surface area contributed by atoms with Crippen LogP contribution in [0.2, 0.25) is 0 Å². The maximum absolute atomic E-state index is 5.66. The van der Waals surface area contributed by atoms with Crippen LogP contribution in [0.4, 0.5) is 0 Å². The fourth-order valence-corrected chi connectivity index (χ4v) is 14.0. The number of hydrogen-bond donors (Lipinski definition) is 0. The van der Waals surface area contributed by atoms with Crippen LogP contribution in [-0.4, -0.2) is 13.2 Å². The summed E-state index contributed by atoms with van der Waals surface area (Å²) in [5, 5.41) is 0. The molecule has 82 valence electrons.